The largest absolute Gasteiger partial charge is 0.311 e. The second-order valence-corrected chi connectivity index (χ2v) is 3.99. The van der Waals surface area contributed by atoms with Crippen molar-refractivity contribution in [2.75, 3.05) is 11.6 Å². The van der Waals surface area contributed by atoms with Gasteiger partial charge in [-0.3, -0.25) is 0 Å². The van der Waals surface area contributed by atoms with Gasteiger partial charge in [0.05, 0.1) is 5.69 Å². The van der Waals surface area contributed by atoms with E-state index in [-0.39, 0.29) is 0 Å². The molecule has 0 saturated carbocycles. The van der Waals surface area contributed by atoms with Gasteiger partial charge in [-0.2, -0.15) is 0 Å². The summed E-state index contributed by atoms with van der Waals surface area (Å²) in [5.41, 5.74) is 2.52. The molecule has 0 aliphatic carbocycles. The van der Waals surface area contributed by atoms with Crippen LogP contribution in [-0.4, -0.2) is 6.54 Å². The van der Waals surface area contributed by atoms with E-state index in [0.717, 1.165) is 23.9 Å². The molecule has 12 heavy (non-hydrogen) atoms. The second kappa shape index (κ2) is 3.07. The van der Waals surface area contributed by atoms with Crippen molar-refractivity contribution in [1.29, 1.82) is 0 Å². The van der Waals surface area contributed by atoms with Crippen molar-refractivity contribution in [1.82, 2.24) is 0 Å². The molecule has 0 unspecified atom stereocenters. The highest BCUT2D eigenvalue weighted by atomic mass is 79.9. The monoisotopic (exact) mass is 226 g/mol. The Hall–Kier alpha value is -0.540. The highest BCUT2D eigenvalue weighted by Crippen LogP contribution is 2.27. The van der Waals surface area contributed by atoms with Gasteiger partial charge in [-0.1, -0.05) is 15.9 Å². The number of fused-ring (bicyclic) bond motifs is 1. The Morgan fingerprint density at radius 1 is 1.42 bits per heavy atom. The van der Waals surface area contributed by atoms with E-state index in [1.165, 1.54) is 11.3 Å². The van der Waals surface area contributed by atoms with Crippen LogP contribution in [0.3, 0.4) is 0 Å². The predicted octanol–water partition coefficient (Wildman–Crippen LogP) is 2.08. The number of benzene rings is 1. The Balaban J connectivity index is 2.46. The van der Waals surface area contributed by atoms with Crippen LogP contribution in [0.25, 0.3) is 0 Å². The quantitative estimate of drug-likeness (QED) is 0.687. The van der Waals surface area contributed by atoms with Crippen molar-refractivity contribution < 1.29 is 0 Å². The summed E-state index contributed by atoms with van der Waals surface area (Å²) in [6, 6.07) is 6.25. The Labute approximate surface area is 80.5 Å². The fraction of sp³-hybridized carbons (Fsp3) is 0.333. The van der Waals surface area contributed by atoms with E-state index in [9.17, 15) is 0 Å². The van der Waals surface area contributed by atoms with Crippen LogP contribution in [0.15, 0.2) is 22.7 Å². The first kappa shape index (κ1) is 8.08. The molecule has 1 aromatic carbocycles. The number of hydrogen-bond donors (Lipinski definition) is 1. The predicted molar refractivity (Wildman–Crippen MR) is 54.0 cm³/mol. The molecule has 3 heteroatoms. The average molecular weight is 227 g/mol. The Morgan fingerprint density at radius 3 is 3.08 bits per heavy atom. The molecular formula is C9H11BrN2. The first-order valence-electron chi connectivity index (χ1n) is 4.08. The SMILES string of the molecule is NN1CCCc2cc(Br)ccc21. The van der Waals surface area contributed by atoms with Crippen molar-refractivity contribution in [3.05, 3.63) is 28.2 Å². The number of hydrogen-bond acceptors (Lipinski definition) is 2. The lowest BCUT2D eigenvalue weighted by atomic mass is 10.0. The van der Waals surface area contributed by atoms with Crippen molar-refractivity contribution in [3.8, 4) is 0 Å². The highest BCUT2D eigenvalue weighted by molar-refractivity contribution is 9.10. The van der Waals surface area contributed by atoms with Gasteiger partial charge in [-0.25, -0.2) is 5.84 Å². The van der Waals surface area contributed by atoms with E-state index < -0.39 is 0 Å². The van der Waals surface area contributed by atoms with Crippen LogP contribution >= 0.6 is 15.9 Å². The average Bonchev–Trinajstić information content (AvgIpc) is 2.04. The summed E-state index contributed by atoms with van der Waals surface area (Å²) >= 11 is 3.45. The van der Waals surface area contributed by atoms with E-state index in [2.05, 4.69) is 28.1 Å². The summed E-state index contributed by atoms with van der Waals surface area (Å²) in [7, 11) is 0. The number of rotatable bonds is 0. The summed E-state index contributed by atoms with van der Waals surface area (Å²) in [6.07, 6.45) is 2.29. The molecule has 0 atom stereocenters. The van der Waals surface area contributed by atoms with Crippen molar-refractivity contribution >= 4 is 21.6 Å². The minimum atomic E-state index is 0.967. The van der Waals surface area contributed by atoms with Gasteiger partial charge < -0.3 is 5.01 Å². The Morgan fingerprint density at radius 2 is 2.25 bits per heavy atom. The number of nitrogens with zero attached hydrogens (tertiary/aromatic N) is 1. The highest BCUT2D eigenvalue weighted by Gasteiger charge is 2.13. The summed E-state index contributed by atoms with van der Waals surface area (Å²) in [6.45, 7) is 0.967. The molecule has 2 rings (SSSR count). The minimum Gasteiger partial charge on any atom is -0.311 e. The van der Waals surface area contributed by atoms with Gasteiger partial charge in [0.25, 0.3) is 0 Å². The van der Waals surface area contributed by atoms with Crippen molar-refractivity contribution in [2.24, 2.45) is 5.84 Å². The maximum atomic E-state index is 5.81. The molecule has 1 aliphatic rings. The number of nitrogens with two attached hydrogens (primary N) is 1. The molecular weight excluding hydrogens is 216 g/mol. The Kier molecular flexibility index (Phi) is 2.07. The summed E-state index contributed by atoms with van der Waals surface area (Å²) in [4.78, 5) is 0. The Bertz CT molecular complexity index is 299. The van der Waals surface area contributed by atoms with Gasteiger partial charge in [0.1, 0.15) is 0 Å². The molecule has 0 fully saturated rings. The first-order chi connectivity index (χ1) is 5.77. The van der Waals surface area contributed by atoms with E-state index in [1.54, 1.807) is 0 Å². The molecule has 1 aliphatic heterocycles. The van der Waals surface area contributed by atoms with Gasteiger partial charge in [0.15, 0.2) is 0 Å². The lowest BCUT2D eigenvalue weighted by molar-refractivity contribution is 0.713. The van der Waals surface area contributed by atoms with Gasteiger partial charge in [-0.15, -0.1) is 0 Å². The molecule has 0 spiro atoms. The van der Waals surface area contributed by atoms with Crippen LogP contribution in [0.4, 0.5) is 5.69 Å². The van der Waals surface area contributed by atoms with E-state index in [4.69, 9.17) is 5.84 Å². The fourth-order valence-electron chi connectivity index (χ4n) is 1.59. The molecule has 2 N–H and O–H groups in total. The molecule has 0 aromatic heterocycles. The summed E-state index contributed by atoms with van der Waals surface area (Å²) in [5, 5.41) is 1.82. The van der Waals surface area contributed by atoms with Crippen molar-refractivity contribution in [2.45, 2.75) is 12.8 Å². The molecule has 1 heterocycles. The van der Waals surface area contributed by atoms with Crippen LogP contribution in [0.2, 0.25) is 0 Å². The molecule has 0 amide bonds. The van der Waals surface area contributed by atoms with Crippen LogP contribution in [0, 0.1) is 0 Å². The zero-order valence-electron chi connectivity index (χ0n) is 6.76. The normalized spacial score (nSPS) is 16.0. The first-order valence-corrected chi connectivity index (χ1v) is 4.87. The van der Waals surface area contributed by atoms with E-state index in [1.807, 2.05) is 11.1 Å². The van der Waals surface area contributed by atoms with Gasteiger partial charge in [0.2, 0.25) is 0 Å². The third-order valence-corrected chi connectivity index (χ3v) is 2.69. The van der Waals surface area contributed by atoms with E-state index in [0.29, 0.717) is 0 Å². The number of hydrazine groups is 1. The zero-order chi connectivity index (χ0) is 8.55. The second-order valence-electron chi connectivity index (χ2n) is 3.07. The third-order valence-electron chi connectivity index (χ3n) is 2.20. The maximum Gasteiger partial charge on any atom is 0.0549 e. The van der Waals surface area contributed by atoms with Crippen LogP contribution in [-0.2, 0) is 6.42 Å². The third kappa shape index (κ3) is 1.34. The standard InChI is InChI=1S/C9H11BrN2/c10-8-3-4-9-7(6-8)2-1-5-12(9)11/h3-4,6H,1-2,5,11H2. The lowest BCUT2D eigenvalue weighted by Gasteiger charge is -2.26. The van der Waals surface area contributed by atoms with Gasteiger partial charge >= 0.3 is 0 Å². The van der Waals surface area contributed by atoms with Crippen molar-refractivity contribution in [3.63, 3.8) is 0 Å². The molecule has 0 radical (unpaired) electrons. The van der Waals surface area contributed by atoms with Crippen LogP contribution in [0.5, 0.6) is 0 Å². The molecule has 64 valence electrons. The number of halogens is 1. The number of anilines is 1. The molecule has 0 saturated heterocycles. The van der Waals surface area contributed by atoms with Crippen LogP contribution < -0.4 is 10.9 Å². The molecule has 1 aromatic rings. The fourth-order valence-corrected chi connectivity index (χ4v) is 2.00. The van der Waals surface area contributed by atoms with Gasteiger partial charge in [0, 0.05) is 11.0 Å². The number of aryl methyl sites for hydroxylation is 1. The summed E-state index contributed by atoms with van der Waals surface area (Å²) < 4.78 is 1.14. The smallest absolute Gasteiger partial charge is 0.0549 e. The zero-order valence-corrected chi connectivity index (χ0v) is 8.34. The summed E-state index contributed by atoms with van der Waals surface area (Å²) in [5.74, 6) is 5.81. The maximum absolute atomic E-state index is 5.81. The van der Waals surface area contributed by atoms with E-state index >= 15 is 0 Å². The molecule has 0 bridgehead atoms. The van der Waals surface area contributed by atoms with Crippen LogP contribution in [0.1, 0.15) is 12.0 Å². The minimum absolute atomic E-state index is 0.967. The van der Waals surface area contributed by atoms with Gasteiger partial charge in [-0.05, 0) is 36.6 Å². The topological polar surface area (TPSA) is 29.3 Å². The lowest BCUT2D eigenvalue weighted by Crippen LogP contribution is -2.35. The molecule has 2 nitrogen and oxygen atoms in total.